The second-order valence-corrected chi connectivity index (χ2v) is 3.26. The van der Waals surface area contributed by atoms with Crippen molar-refractivity contribution in [2.24, 2.45) is 0 Å². The summed E-state index contributed by atoms with van der Waals surface area (Å²) in [5.74, 6) is -0.211. The minimum Gasteiger partial charge on any atom is -0.483 e. The fraction of sp³-hybridized carbons (Fsp3) is 0.714. The molecule has 15 heavy (non-hydrogen) atoms. The van der Waals surface area contributed by atoms with Crippen LogP contribution in [0.4, 0.5) is 0 Å². The minimum atomic E-state index is -0.750. The first-order valence-corrected chi connectivity index (χ1v) is 4.81. The Morgan fingerprint density at radius 2 is 1.60 bits per heavy atom. The van der Waals surface area contributed by atoms with Gasteiger partial charge in [-0.1, -0.05) is 34.8 Å². The summed E-state index contributed by atoms with van der Waals surface area (Å²) >= 11 is 14.4. The number of carbonyl (C=O) groups excluding carboxylic acids is 1. The normalized spacial score (nSPS) is 6.67. The molecule has 0 aliphatic rings. The van der Waals surface area contributed by atoms with Crippen LogP contribution in [0.15, 0.2) is 0 Å². The van der Waals surface area contributed by atoms with Gasteiger partial charge < -0.3 is 14.9 Å². The molecule has 94 valence electrons. The molecule has 0 unspecified atom stereocenters. The van der Waals surface area contributed by atoms with Crippen molar-refractivity contribution in [2.75, 3.05) is 13.7 Å². The molecule has 0 fully saturated rings. The molecule has 0 heterocycles. The molecule has 0 aromatic rings. The second-order valence-electron chi connectivity index (χ2n) is 1.28. The number of ether oxygens (including phenoxy) is 1. The molecule has 0 atom stereocenters. The van der Waals surface area contributed by atoms with Crippen molar-refractivity contribution in [1.29, 1.82) is 0 Å². The third-order valence-electron chi connectivity index (χ3n) is 0.348. The number of aliphatic hydroxyl groups is 1. The van der Waals surface area contributed by atoms with E-state index in [1.54, 1.807) is 6.92 Å². The van der Waals surface area contributed by atoms with E-state index in [9.17, 15) is 4.79 Å². The Bertz CT molecular complexity index is 118. The maximum absolute atomic E-state index is 9.82. The zero-order valence-corrected chi connectivity index (χ0v) is 10.9. The Balaban J connectivity index is -0.0000000590. The van der Waals surface area contributed by atoms with Gasteiger partial charge in [-0.05, 0) is 6.92 Å². The van der Waals surface area contributed by atoms with Crippen LogP contribution in [-0.4, -0.2) is 40.7 Å². The highest BCUT2D eigenvalue weighted by atomic mass is 35.6. The summed E-state index contributed by atoms with van der Waals surface area (Å²) in [7, 11) is 1.00. The predicted molar refractivity (Wildman–Crippen MR) is 60.5 cm³/mol. The van der Waals surface area contributed by atoms with E-state index >= 15 is 0 Å². The summed E-state index contributed by atoms with van der Waals surface area (Å²) in [4.78, 5) is 18.2. The largest absolute Gasteiger partial charge is 0.483 e. The standard InChI is InChI=1S/C4H8O2.CHCl3.CH2O2.CH4O/c1-3-6-4(2)5;2-1(3)4;2-1-3;1-2/h3H2,1-2H3;1H;1H,(H,2,3);2H,1H3. The van der Waals surface area contributed by atoms with Crippen LogP contribution < -0.4 is 0 Å². The van der Waals surface area contributed by atoms with Crippen molar-refractivity contribution in [1.82, 2.24) is 0 Å². The Hall–Kier alpha value is -0.230. The highest BCUT2D eigenvalue weighted by molar-refractivity contribution is 6.63. The summed E-state index contributed by atoms with van der Waals surface area (Å²) in [6, 6.07) is 0. The maximum Gasteiger partial charge on any atom is 0.302 e. The smallest absolute Gasteiger partial charge is 0.302 e. The van der Waals surface area contributed by atoms with Gasteiger partial charge in [-0.3, -0.25) is 9.59 Å². The van der Waals surface area contributed by atoms with Crippen molar-refractivity contribution in [3.8, 4) is 0 Å². The van der Waals surface area contributed by atoms with Crippen molar-refractivity contribution in [2.45, 2.75) is 18.1 Å². The van der Waals surface area contributed by atoms with Gasteiger partial charge in [-0.25, -0.2) is 0 Å². The quantitative estimate of drug-likeness (QED) is 0.436. The third kappa shape index (κ3) is 249. The Kier molecular flexibility index (Phi) is 47.0. The lowest BCUT2D eigenvalue weighted by molar-refractivity contribution is -0.140. The highest BCUT2D eigenvalue weighted by Crippen LogP contribution is 2.03. The topological polar surface area (TPSA) is 83.8 Å². The van der Waals surface area contributed by atoms with Crippen LogP contribution in [0, 0.1) is 0 Å². The number of halogens is 3. The van der Waals surface area contributed by atoms with E-state index in [0.29, 0.717) is 6.61 Å². The van der Waals surface area contributed by atoms with Crippen LogP contribution in [0.5, 0.6) is 0 Å². The lowest BCUT2D eigenvalue weighted by Gasteiger charge is -1.89. The molecule has 0 aliphatic heterocycles. The summed E-state index contributed by atoms with van der Waals surface area (Å²) < 4.78 is 3.65. The first-order valence-electron chi connectivity index (χ1n) is 3.50. The van der Waals surface area contributed by atoms with Crippen LogP contribution in [0.2, 0.25) is 0 Å². The minimum absolute atomic E-state index is 0.211. The molecule has 0 bridgehead atoms. The van der Waals surface area contributed by atoms with Gasteiger partial charge in [-0.2, -0.15) is 0 Å². The van der Waals surface area contributed by atoms with Crippen LogP contribution in [0.3, 0.4) is 0 Å². The van der Waals surface area contributed by atoms with Crippen LogP contribution in [0.1, 0.15) is 13.8 Å². The number of esters is 1. The lowest BCUT2D eigenvalue weighted by atomic mass is 10.8. The van der Waals surface area contributed by atoms with Gasteiger partial charge in [0.2, 0.25) is 0 Å². The first kappa shape index (κ1) is 24.1. The van der Waals surface area contributed by atoms with E-state index in [2.05, 4.69) is 4.74 Å². The van der Waals surface area contributed by atoms with Crippen molar-refractivity contribution < 1.29 is 24.5 Å². The molecular formula is C7H15Cl3O5. The van der Waals surface area contributed by atoms with E-state index in [1.807, 2.05) is 0 Å². The molecule has 0 amide bonds. The summed E-state index contributed by atoms with van der Waals surface area (Å²) in [6.07, 6.45) is 0. The number of carbonyl (C=O) groups is 2. The summed E-state index contributed by atoms with van der Waals surface area (Å²) in [5, 5.41) is 13.9. The second kappa shape index (κ2) is 29.2. The van der Waals surface area contributed by atoms with Gasteiger partial charge >= 0.3 is 5.97 Å². The fourth-order valence-electron chi connectivity index (χ4n) is 0.203. The van der Waals surface area contributed by atoms with Crippen LogP contribution in [-0.2, 0) is 14.3 Å². The van der Waals surface area contributed by atoms with Crippen molar-refractivity contribution in [3.05, 3.63) is 0 Å². The average molecular weight is 286 g/mol. The Morgan fingerprint density at radius 1 is 1.40 bits per heavy atom. The molecule has 0 radical (unpaired) electrons. The number of alkyl halides is 3. The summed E-state index contributed by atoms with van der Waals surface area (Å²) in [5.41, 5.74) is 0. The summed E-state index contributed by atoms with van der Waals surface area (Å²) in [6.45, 7) is 3.40. The van der Waals surface area contributed by atoms with E-state index in [4.69, 9.17) is 49.8 Å². The average Bonchev–Trinajstić information content (AvgIpc) is 2.07. The van der Waals surface area contributed by atoms with E-state index in [-0.39, 0.29) is 12.4 Å². The molecule has 2 N–H and O–H groups in total. The van der Waals surface area contributed by atoms with Gasteiger partial charge in [0.05, 0.1) is 6.61 Å². The number of carboxylic acid groups (broad SMARTS) is 1. The molecule has 0 aromatic heterocycles. The number of aliphatic hydroxyl groups excluding tert-OH is 1. The van der Waals surface area contributed by atoms with E-state index in [0.717, 1.165) is 7.11 Å². The number of hydrogen-bond acceptors (Lipinski definition) is 4. The van der Waals surface area contributed by atoms with Gasteiger partial charge in [0, 0.05) is 14.0 Å². The molecular weight excluding hydrogens is 270 g/mol. The fourth-order valence-corrected chi connectivity index (χ4v) is 0.203. The van der Waals surface area contributed by atoms with Crippen LogP contribution >= 0.6 is 34.8 Å². The van der Waals surface area contributed by atoms with Crippen LogP contribution in [0.25, 0.3) is 0 Å². The zero-order chi connectivity index (χ0) is 13.3. The van der Waals surface area contributed by atoms with E-state index in [1.165, 1.54) is 6.92 Å². The van der Waals surface area contributed by atoms with Gasteiger partial charge in [0.1, 0.15) is 0 Å². The monoisotopic (exact) mass is 284 g/mol. The zero-order valence-electron chi connectivity index (χ0n) is 8.61. The molecule has 0 saturated carbocycles. The molecule has 5 nitrogen and oxygen atoms in total. The first-order chi connectivity index (χ1) is 6.92. The molecule has 0 aliphatic carbocycles. The van der Waals surface area contributed by atoms with Crippen molar-refractivity contribution in [3.63, 3.8) is 0 Å². The molecule has 0 rings (SSSR count). The molecule has 8 heteroatoms. The Labute approximate surface area is 104 Å². The maximum atomic E-state index is 9.82. The lowest BCUT2D eigenvalue weighted by Crippen LogP contribution is -1.95. The number of rotatable bonds is 1. The Morgan fingerprint density at radius 3 is 1.60 bits per heavy atom. The molecule has 0 spiro atoms. The van der Waals surface area contributed by atoms with Crippen molar-refractivity contribution >= 4 is 47.2 Å². The third-order valence-corrected chi connectivity index (χ3v) is 0.348. The molecule has 0 saturated heterocycles. The highest BCUT2D eigenvalue weighted by Gasteiger charge is 1.81. The van der Waals surface area contributed by atoms with E-state index < -0.39 is 4.30 Å². The molecule has 0 aromatic carbocycles. The van der Waals surface area contributed by atoms with Gasteiger partial charge in [0.25, 0.3) is 6.47 Å². The van der Waals surface area contributed by atoms with Gasteiger partial charge in [-0.15, -0.1) is 0 Å². The van der Waals surface area contributed by atoms with Gasteiger partial charge in [0.15, 0.2) is 4.30 Å². The SMILES string of the molecule is CCOC(C)=O.CO.ClC(Cl)Cl.O=CO. The predicted octanol–water partition coefficient (Wildman–Crippen LogP) is 1.87. The number of hydrogen-bond donors (Lipinski definition) is 2.